The van der Waals surface area contributed by atoms with Crippen LogP contribution in [0.3, 0.4) is 0 Å². The van der Waals surface area contributed by atoms with E-state index >= 15 is 0 Å². The molecule has 0 aromatic rings. The van der Waals surface area contributed by atoms with Crippen LogP contribution < -0.4 is 0 Å². The van der Waals surface area contributed by atoms with Gasteiger partial charge in [-0.15, -0.1) is 0 Å². The van der Waals surface area contributed by atoms with Crippen molar-refractivity contribution in [1.82, 2.24) is 9.80 Å². The number of likely N-dealkylation sites (tertiary alicyclic amines) is 1. The van der Waals surface area contributed by atoms with Gasteiger partial charge in [-0.1, -0.05) is 13.8 Å². The van der Waals surface area contributed by atoms with Crippen LogP contribution in [-0.2, 0) is 9.59 Å². The number of carbonyl (C=O) groups is 2. The van der Waals surface area contributed by atoms with Crippen LogP contribution in [0.5, 0.6) is 0 Å². The van der Waals surface area contributed by atoms with Gasteiger partial charge in [0.05, 0.1) is 0 Å². The number of rotatable bonds is 4. The van der Waals surface area contributed by atoms with Crippen molar-refractivity contribution in [3.05, 3.63) is 0 Å². The largest absolute Gasteiger partial charge is 0.347 e. The fourth-order valence-electron chi connectivity index (χ4n) is 2.18. The maximum absolute atomic E-state index is 12.0. The van der Waals surface area contributed by atoms with E-state index in [1.807, 2.05) is 0 Å². The van der Waals surface area contributed by atoms with Gasteiger partial charge in [0, 0.05) is 27.1 Å². The minimum atomic E-state index is -0.218. The molecule has 1 heterocycles. The first-order chi connectivity index (χ1) is 7.93. The van der Waals surface area contributed by atoms with Crippen LogP contribution in [-0.4, -0.2) is 48.3 Å². The van der Waals surface area contributed by atoms with E-state index in [0.29, 0.717) is 12.3 Å². The molecule has 0 saturated carbocycles. The number of carbonyl (C=O) groups excluding carboxylic acids is 2. The standard InChI is InChI=1S/C13H24N2O2/c1-10(2)7-8-12(16)15-9-5-6-11(15)13(17)14(3)4/h10-11H,5-9H2,1-4H3. The quantitative estimate of drug-likeness (QED) is 0.747. The predicted molar refractivity (Wildman–Crippen MR) is 67.5 cm³/mol. The molecule has 1 unspecified atom stereocenters. The van der Waals surface area contributed by atoms with E-state index in [1.54, 1.807) is 23.9 Å². The molecule has 1 fully saturated rings. The van der Waals surface area contributed by atoms with Crippen molar-refractivity contribution < 1.29 is 9.59 Å². The van der Waals surface area contributed by atoms with Gasteiger partial charge in [-0.2, -0.15) is 0 Å². The van der Waals surface area contributed by atoms with E-state index in [0.717, 1.165) is 25.8 Å². The van der Waals surface area contributed by atoms with Gasteiger partial charge in [0.2, 0.25) is 11.8 Å². The van der Waals surface area contributed by atoms with Gasteiger partial charge in [0.25, 0.3) is 0 Å². The van der Waals surface area contributed by atoms with Crippen molar-refractivity contribution in [2.75, 3.05) is 20.6 Å². The second-order valence-corrected chi connectivity index (χ2v) is 5.41. The first-order valence-electron chi connectivity index (χ1n) is 6.44. The highest BCUT2D eigenvalue weighted by molar-refractivity contribution is 5.88. The maximum Gasteiger partial charge on any atom is 0.244 e. The Morgan fingerprint density at radius 3 is 2.53 bits per heavy atom. The number of hydrogen-bond donors (Lipinski definition) is 0. The maximum atomic E-state index is 12.0. The summed E-state index contributed by atoms with van der Waals surface area (Å²) in [6.07, 6.45) is 3.22. The zero-order valence-electron chi connectivity index (χ0n) is 11.4. The van der Waals surface area contributed by atoms with Gasteiger partial charge in [-0.05, 0) is 25.2 Å². The minimum absolute atomic E-state index is 0.0559. The Balaban J connectivity index is 2.57. The zero-order valence-corrected chi connectivity index (χ0v) is 11.4. The lowest BCUT2D eigenvalue weighted by Gasteiger charge is -2.26. The Bertz CT molecular complexity index is 287. The second-order valence-electron chi connectivity index (χ2n) is 5.41. The van der Waals surface area contributed by atoms with E-state index in [2.05, 4.69) is 13.8 Å². The zero-order chi connectivity index (χ0) is 13.0. The Morgan fingerprint density at radius 2 is 2.00 bits per heavy atom. The van der Waals surface area contributed by atoms with Crippen molar-refractivity contribution in [1.29, 1.82) is 0 Å². The monoisotopic (exact) mass is 240 g/mol. The summed E-state index contributed by atoms with van der Waals surface area (Å²) in [4.78, 5) is 27.3. The molecule has 17 heavy (non-hydrogen) atoms. The lowest BCUT2D eigenvalue weighted by molar-refractivity contribution is -0.142. The van der Waals surface area contributed by atoms with Gasteiger partial charge in [0.1, 0.15) is 6.04 Å². The molecule has 4 heteroatoms. The predicted octanol–water partition coefficient (Wildman–Crippen LogP) is 1.50. The lowest BCUT2D eigenvalue weighted by Crippen LogP contribution is -2.45. The fourth-order valence-corrected chi connectivity index (χ4v) is 2.18. The molecule has 0 aliphatic carbocycles. The summed E-state index contributed by atoms with van der Waals surface area (Å²) in [5.41, 5.74) is 0. The number of hydrogen-bond acceptors (Lipinski definition) is 2. The Hall–Kier alpha value is -1.06. The summed E-state index contributed by atoms with van der Waals surface area (Å²) in [6.45, 7) is 4.96. The fraction of sp³-hybridized carbons (Fsp3) is 0.846. The van der Waals surface area contributed by atoms with Gasteiger partial charge < -0.3 is 9.80 Å². The topological polar surface area (TPSA) is 40.6 Å². The molecule has 0 spiro atoms. The van der Waals surface area contributed by atoms with Crippen molar-refractivity contribution in [3.63, 3.8) is 0 Å². The first-order valence-corrected chi connectivity index (χ1v) is 6.44. The Labute approximate surface area is 104 Å². The molecular weight excluding hydrogens is 216 g/mol. The second kappa shape index (κ2) is 6.03. The van der Waals surface area contributed by atoms with Crippen molar-refractivity contribution in [3.8, 4) is 0 Å². The molecule has 0 aromatic carbocycles. The highest BCUT2D eigenvalue weighted by Crippen LogP contribution is 2.20. The average Bonchev–Trinajstić information content (AvgIpc) is 2.73. The summed E-state index contributed by atoms with van der Waals surface area (Å²) < 4.78 is 0. The van der Waals surface area contributed by atoms with Gasteiger partial charge in [-0.3, -0.25) is 9.59 Å². The average molecular weight is 240 g/mol. The Morgan fingerprint density at radius 1 is 1.35 bits per heavy atom. The number of amides is 2. The third-order valence-corrected chi connectivity index (χ3v) is 3.23. The molecular formula is C13H24N2O2. The van der Waals surface area contributed by atoms with Crippen LogP contribution in [0.2, 0.25) is 0 Å². The normalized spacial score (nSPS) is 19.8. The molecule has 0 radical (unpaired) electrons. The molecule has 1 rings (SSSR count). The van der Waals surface area contributed by atoms with Crippen molar-refractivity contribution >= 4 is 11.8 Å². The highest BCUT2D eigenvalue weighted by Gasteiger charge is 2.34. The molecule has 98 valence electrons. The summed E-state index contributed by atoms with van der Waals surface area (Å²) in [5.74, 6) is 0.723. The van der Waals surface area contributed by atoms with Crippen LogP contribution in [0.1, 0.15) is 39.5 Å². The first kappa shape index (κ1) is 14.0. The van der Waals surface area contributed by atoms with Crippen LogP contribution in [0.15, 0.2) is 0 Å². The highest BCUT2D eigenvalue weighted by atomic mass is 16.2. The van der Waals surface area contributed by atoms with Crippen LogP contribution >= 0.6 is 0 Å². The minimum Gasteiger partial charge on any atom is -0.347 e. The SMILES string of the molecule is CC(C)CCC(=O)N1CCCC1C(=O)N(C)C. The van der Waals surface area contributed by atoms with E-state index in [1.165, 1.54) is 0 Å². The van der Waals surface area contributed by atoms with E-state index in [4.69, 9.17) is 0 Å². The van der Waals surface area contributed by atoms with Crippen LogP contribution in [0.25, 0.3) is 0 Å². The molecule has 0 aromatic heterocycles. The van der Waals surface area contributed by atoms with Gasteiger partial charge in [-0.25, -0.2) is 0 Å². The smallest absolute Gasteiger partial charge is 0.244 e. The molecule has 1 atom stereocenters. The summed E-state index contributed by atoms with van der Waals surface area (Å²) >= 11 is 0. The van der Waals surface area contributed by atoms with Crippen LogP contribution in [0.4, 0.5) is 0 Å². The van der Waals surface area contributed by atoms with Gasteiger partial charge >= 0.3 is 0 Å². The van der Waals surface area contributed by atoms with Crippen LogP contribution in [0, 0.1) is 5.92 Å². The third-order valence-electron chi connectivity index (χ3n) is 3.23. The molecule has 1 saturated heterocycles. The molecule has 1 aliphatic rings. The van der Waals surface area contributed by atoms with E-state index < -0.39 is 0 Å². The Kier molecular flexibility index (Phi) is 4.97. The molecule has 4 nitrogen and oxygen atoms in total. The van der Waals surface area contributed by atoms with Gasteiger partial charge in [0.15, 0.2) is 0 Å². The summed E-state index contributed by atoms with van der Waals surface area (Å²) in [6, 6.07) is -0.218. The lowest BCUT2D eigenvalue weighted by atomic mass is 10.1. The third kappa shape index (κ3) is 3.72. The van der Waals surface area contributed by atoms with Crippen molar-refractivity contribution in [2.24, 2.45) is 5.92 Å². The molecule has 0 bridgehead atoms. The van der Waals surface area contributed by atoms with Crippen molar-refractivity contribution in [2.45, 2.75) is 45.6 Å². The molecule has 0 N–H and O–H groups in total. The molecule has 2 amide bonds. The van der Waals surface area contributed by atoms with E-state index in [9.17, 15) is 9.59 Å². The number of nitrogens with zero attached hydrogens (tertiary/aromatic N) is 2. The number of likely N-dealkylation sites (N-methyl/N-ethyl adjacent to an activating group) is 1. The molecule has 1 aliphatic heterocycles. The summed E-state index contributed by atoms with van der Waals surface area (Å²) in [7, 11) is 3.49. The summed E-state index contributed by atoms with van der Waals surface area (Å²) in [5, 5.41) is 0. The van der Waals surface area contributed by atoms with E-state index in [-0.39, 0.29) is 17.9 Å².